The maximum atomic E-state index is 6.89. The minimum atomic E-state index is -0.293. The van der Waals surface area contributed by atoms with Crippen LogP contribution >= 0.6 is 0 Å². The van der Waals surface area contributed by atoms with Crippen molar-refractivity contribution >= 4 is 32.3 Å². The molecule has 0 aliphatic heterocycles. The van der Waals surface area contributed by atoms with Gasteiger partial charge in [-0.1, -0.05) is 74.5 Å². The van der Waals surface area contributed by atoms with Crippen molar-refractivity contribution in [2.45, 2.75) is 52.2 Å². The van der Waals surface area contributed by atoms with Gasteiger partial charge in [0.25, 0.3) is 0 Å². The van der Waals surface area contributed by atoms with Crippen LogP contribution in [0.4, 0.5) is 0 Å². The largest absolute Gasteiger partial charge is 0.367 e. The normalized spacial score (nSPS) is 28.2. The van der Waals surface area contributed by atoms with Crippen molar-refractivity contribution in [1.82, 2.24) is 0 Å². The van der Waals surface area contributed by atoms with Crippen molar-refractivity contribution in [2.24, 2.45) is 23.7 Å². The van der Waals surface area contributed by atoms with E-state index in [1.54, 1.807) is 0 Å². The summed E-state index contributed by atoms with van der Waals surface area (Å²) >= 11 is 0. The van der Waals surface area contributed by atoms with Gasteiger partial charge in [0.15, 0.2) is 0 Å². The Morgan fingerprint density at radius 1 is 0.677 bits per heavy atom. The van der Waals surface area contributed by atoms with E-state index in [4.69, 9.17) is 4.74 Å². The second-order valence-electron chi connectivity index (χ2n) is 10.6. The lowest BCUT2D eigenvalue weighted by Gasteiger charge is -2.37. The van der Waals surface area contributed by atoms with E-state index in [9.17, 15) is 0 Å². The maximum absolute atomic E-state index is 6.89. The quantitative estimate of drug-likeness (QED) is 0.311. The Morgan fingerprint density at radius 3 is 1.77 bits per heavy atom. The minimum Gasteiger partial charge on any atom is -0.367 e. The fraction of sp³-hybridized carbons (Fsp3) is 0.400. The molecule has 4 aromatic rings. The molecule has 0 aromatic heterocycles. The van der Waals surface area contributed by atoms with Crippen LogP contribution in [-0.4, -0.2) is 6.10 Å². The van der Waals surface area contributed by atoms with Crippen LogP contribution in [0.1, 0.15) is 46.1 Å². The van der Waals surface area contributed by atoms with E-state index < -0.39 is 0 Å². The highest BCUT2D eigenvalue weighted by Gasteiger charge is 2.50. The van der Waals surface area contributed by atoms with E-state index in [1.807, 2.05) is 0 Å². The van der Waals surface area contributed by atoms with Gasteiger partial charge in [0, 0.05) is 0 Å². The van der Waals surface area contributed by atoms with Gasteiger partial charge in [-0.25, -0.2) is 0 Å². The molecule has 2 bridgehead atoms. The topological polar surface area (TPSA) is 9.23 Å². The van der Waals surface area contributed by atoms with Crippen molar-refractivity contribution in [2.75, 3.05) is 0 Å². The van der Waals surface area contributed by atoms with Gasteiger partial charge in [-0.05, 0) is 94.3 Å². The zero-order valence-electron chi connectivity index (χ0n) is 19.1. The molecule has 158 valence electrons. The number of ether oxygens (including phenoxy) is 1. The molecule has 0 N–H and O–H groups in total. The molecule has 6 rings (SSSR count). The standard InChI is InChI=1S/C30H32O/c1-18-19(2)27-15-20(18)16-29(27)31-30(3,4)21-13-14-26-24-11-6-5-9-22(24)23-10-7-8-12-25(23)28(26)17-21/h5-14,17-20,27,29H,15-16H2,1-4H3. The summed E-state index contributed by atoms with van der Waals surface area (Å²) < 4.78 is 6.89. The number of fused-ring (bicyclic) bond motifs is 8. The lowest BCUT2D eigenvalue weighted by Crippen LogP contribution is -2.36. The van der Waals surface area contributed by atoms with Crippen LogP contribution in [-0.2, 0) is 10.3 Å². The SMILES string of the molecule is CC1C2CC(OC(C)(C)c3ccc4c5ccccc5c5ccccc5c4c3)C(C2)C1C. The number of benzene rings is 4. The summed E-state index contributed by atoms with van der Waals surface area (Å²) in [6.07, 6.45) is 2.99. The Balaban J connectivity index is 1.45. The van der Waals surface area contributed by atoms with E-state index >= 15 is 0 Å². The third kappa shape index (κ3) is 2.86. The smallest absolute Gasteiger partial charge is 0.0879 e. The first kappa shape index (κ1) is 19.3. The molecule has 4 aromatic carbocycles. The van der Waals surface area contributed by atoms with Crippen LogP contribution in [0.2, 0.25) is 0 Å². The van der Waals surface area contributed by atoms with Crippen LogP contribution in [0.25, 0.3) is 32.3 Å². The number of hydrogen-bond donors (Lipinski definition) is 0. The first-order chi connectivity index (χ1) is 14.9. The Kier molecular flexibility index (Phi) is 4.24. The highest BCUT2D eigenvalue weighted by atomic mass is 16.5. The average molecular weight is 409 g/mol. The van der Waals surface area contributed by atoms with E-state index in [-0.39, 0.29) is 5.60 Å². The third-order valence-corrected chi connectivity index (χ3v) is 8.72. The van der Waals surface area contributed by atoms with Crippen molar-refractivity contribution in [3.05, 3.63) is 72.3 Å². The predicted molar refractivity (Wildman–Crippen MR) is 131 cm³/mol. The van der Waals surface area contributed by atoms with Gasteiger partial charge in [-0.15, -0.1) is 0 Å². The summed E-state index contributed by atoms with van der Waals surface area (Å²) in [6, 6.07) is 24.6. The summed E-state index contributed by atoms with van der Waals surface area (Å²) in [6.45, 7) is 9.40. The molecule has 2 aliphatic rings. The van der Waals surface area contributed by atoms with E-state index in [1.165, 1.54) is 50.7 Å². The van der Waals surface area contributed by atoms with Crippen LogP contribution in [0, 0.1) is 23.7 Å². The molecule has 2 fully saturated rings. The average Bonchev–Trinajstić information content (AvgIpc) is 3.32. The van der Waals surface area contributed by atoms with Gasteiger partial charge in [0.1, 0.15) is 0 Å². The number of hydrogen-bond acceptors (Lipinski definition) is 1. The molecule has 5 atom stereocenters. The molecule has 0 radical (unpaired) electrons. The molecular weight excluding hydrogens is 376 g/mol. The molecule has 2 saturated carbocycles. The van der Waals surface area contributed by atoms with E-state index in [0.717, 1.165) is 23.7 Å². The van der Waals surface area contributed by atoms with Crippen molar-refractivity contribution in [1.29, 1.82) is 0 Å². The van der Waals surface area contributed by atoms with Gasteiger partial charge in [0.2, 0.25) is 0 Å². The molecule has 1 nitrogen and oxygen atoms in total. The summed E-state index contributed by atoms with van der Waals surface area (Å²) in [4.78, 5) is 0. The predicted octanol–water partition coefficient (Wildman–Crippen LogP) is 8.08. The second-order valence-corrected chi connectivity index (χ2v) is 10.6. The molecule has 0 amide bonds. The Bertz CT molecular complexity index is 1260. The van der Waals surface area contributed by atoms with Crippen LogP contribution in [0.5, 0.6) is 0 Å². The second kappa shape index (κ2) is 6.81. The molecular formula is C30H32O. The zero-order valence-corrected chi connectivity index (χ0v) is 19.1. The Labute approximate surface area is 185 Å². The van der Waals surface area contributed by atoms with Gasteiger partial charge in [-0.2, -0.15) is 0 Å². The van der Waals surface area contributed by atoms with Gasteiger partial charge in [-0.3, -0.25) is 0 Å². The van der Waals surface area contributed by atoms with Crippen LogP contribution in [0.15, 0.2) is 66.7 Å². The molecule has 1 heteroatoms. The zero-order chi connectivity index (χ0) is 21.3. The number of rotatable bonds is 3. The fourth-order valence-corrected chi connectivity index (χ4v) is 6.74. The molecule has 0 saturated heterocycles. The molecule has 5 unspecified atom stereocenters. The first-order valence-corrected chi connectivity index (χ1v) is 12.0. The van der Waals surface area contributed by atoms with E-state index in [2.05, 4.69) is 94.4 Å². The monoisotopic (exact) mass is 408 g/mol. The van der Waals surface area contributed by atoms with E-state index in [0.29, 0.717) is 6.10 Å². The Hall–Kier alpha value is -2.38. The highest BCUT2D eigenvalue weighted by molar-refractivity contribution is 6.25. The minimum absolute atomic E-state index is 0.293. The molecule has 31 heavy (non-hydrogen) atoms. The Morgan fingerprint density at radius 2 is 1.23 bits per heavy atom. The molecule has 0 heterocycles. The van der Waals surface area contributed by atoms with Crippen molar-refractivity contribution in [3.63, 3.8) is 0 Å². The van der Waals surface area contributed by atoms with Crippen LogP contribution in [0.3, 0.4) is 0 Å². The summed E-state index contributed by atoms with van der Waals surface area (Å²) in [5, 5.41) is 7.99. The van der Waals surface area contributed by atoms with Gasteiger partial charge in [0.05, 0.1) is 11.7 Å². The summed E-state index contributed by atoms with van der Waals surface area (Å²) in [5.74, 6) is 3.22. The molecule has 0 spiro atoms. The fourth-order valence-electron chi connectivity index (χ4n) is 6.74. The summed E-state index contributed by atoms with van der Waals surface area (Å²) in [5.41, 5.74) is 0.989. The molecule has 2 aliphatic carbocycles. The van der Waals surface area contributed by atoms with Crippen molar-refractivity contribution in [3.8, 4) is 0 Å². The van der Waals surface area contributed by atoms with Gasteiger partial charge < -0.3 is 4.74 Å². The summed E-state index contributed by atoms with van der Waals surface area (Å²) in [7, 11) is 0. The lowest BCUT2D eigenvalue weighted by molar-refractivity contribution is -0.109. The lowest BCUT2D eigenvalue weighted by atomic mass is 9.80. The third-order valence-electron chi connectivity index (χ3n) is 8.72. The highest BCUT2D eigenvalue weighted by Crippen LogP contribution is 2.54. The maximum Gasteiger partial charge on any atom is 0.0879 e. The van der Waals surface area contributed by atoms with Gasteiger partial charge >= 0.3 is 0 Å². The first-order valence-electron chi connectivity index (χ1n) is 12.0. The van der Waals surface area contributed by atoms with Crippen LogP contribution < -0.4 is 0 Å². The van der Waals surface area contributed by atoms with Crippen molar-refractivity contribution < 1.29 is 4.74 Å².